The monoisotopic (exact) mass is 242 g/mol. The number of rotatable bonds is 4. The van der Waals surface area contributed by atoms with Crippen LogP contribution in [0.2, 0.25) is 0 Å². The molecule has 0 radical (unpaired) electrons. The Kier molecular flexibility index (Phi) is 4.10. The van der Waals surface area contributed by atoms with Crippen molar-refractivity contribution < 1.29 is 5.11 Å². The Bertz CT molecular complexity index is 470. The molecule has 2 atom stereocenters. The standard InChI is InChI=1S/C15H18N2O/c1-17(16)14(12-8-4-2-5-9-12)15(18)13-10-6-3-7-11-13/h2-11,14-15,18H,16H2,1H3/t14-,15+/m0/s1. The van der Waals surface area contributed by atoms with E-state index in [2.05, 4.69) is 0 Å². The zero-order valence-corrected chi connectivity index (χ0v) is 10.4. The van der Waals surface area contributed by atoms with Gasteiger partial charge < -0.3 is 5.11 Å². The van der Waals surface area contributed by atoms with Gasteiger partial charge in [0.05, 0.1) is 12.1 Å². The van der Waals surface area contributed by atoms with Gasteiger partial charge in [0, 0.05) is 7.05 Å². The van der Waals surface area contributed by atoms with Crippen molar-refractivity contribution in [3.05, 3.63) is 71.8 Å². The average molecular weight is 242 g/mol. The van der Waals surface area contributed by atoms with E-state index in [0.29, 0.717) is 0 Å². The molecule has 0 fully saturated rings. The number of benzene rings is 2. The van der Waals surface area contributed by atoms with Gasteiger partial charge in [-0.1, -0.05) is 60.7 Å². The van der Waals surface area contributed by atoms with Crippen LogP contribution in [0.5, 0.6) is 0 Å². The van der Waals surface area contributed by atoms with Gasteiger partial charge in [0.15, 0.2) is 0 Å². The van der Waals surface area contributed by atoms with Crippen LogP contribution < -0.4 is 5.84 Å². The maximum absolute atomic E-state index is 10.5. The molecular weight excluding hydrogens is 224 g/mol. The van der Waals surface area contributed by atoms with Crippen LogP contribution in [0, 0.1) is 0 Å². The number of likely N-dealkylation sites (N-methyl/N-ethyl adjacent to an activating group) is 1. The average Bonchev–Trinajstić information content (AvgIpc) is 2.40. The van der Waals surface area contributed by atoms with Gasteiger partial charge in [-0.3, -0.25) is 5.84 Å². The van der Waals surface area contributed by atoms with E-state index >= 15 is 0 Å². The van der Waals surface area contributed by atoms with Crippen molar-refractivity contribution in [3.63, 3.8) is 0 Å². The molecule has 0 aromatic heterocycles. The van der Waals surface area contributed by atoms with E-state index in [1.165, 1.54) is 0 Å². The Morgan fingerprint density at radius 3 is 1.78 bits per heavy atom. The minimum atomic E-state index is -0.649. The fourth-order valence-electron chi connectivity index (χ4n) is 2.12. The van der Waals surface area contributed by atoms with Crippen molar-refractivity contribution in [2.24, 2.45) is 5.84 Å². The number of nitrogens with two attached hydrogens (primary N) is 1. The number of hydrogen-bond donors (Lipinski definition) is 2. The number of hydrogen-bond acceptors (Lipinski definition) is 3. The maximum atomic E-state index is 10.5. The molecule has 0 heterocycles. The highest BCUT2D eigenvalue weighted by atomic mass is 16.3. The van der Waals surface area contributed by atoms with E-state index in [4.69, 9.17) is 5.84 Å². The Balaban J connectivity index is 2.32. The molecule has 0 aliphatic rings. The predicted molar refractivity (Wildman–Crippen MR) is 72.5 cm³/mol. The summed E-state index contributed by atoms with van der Waals surface area (Å²) in [5.74, 6) is 5.88. The molecule has 94 valence electrons. The molecule has 0 saturated heterocycles. The van der Waals surface area contributed by atoms with Gasteiger partial charge >= 0.3 is 0 Å². The molecule has 2 aromatic rings. The molecule has 3 N–H and O–H groups in total. The quantitative estimate of drug-likeness (QED) is 0.638. The lowest BCUT2D eigenvalue weighted by Gasteiger charge is -2.29. The Morgan fingerprint density at radius 1 is 0.889 bits per heavy atom. The smallest absolute Gasteiger partial charge is 0.1000 e. The van der Waals surface area contributed by atoms with Crippen molar-refractivity contribution in [1.29, 1.82) is 0 Å². The van der Waals surface area contributed by atoms with Crippen LogP contribution >= 0.6 is 0 Å². The number of aliphatic hydroxyl groups is 1. The third kappa shape index (κ3) is 2.76. The zero-order chi connectivity index (χ0) is 13.0. The highest BCUT2D eigenvalue weighted by Gasteiger charge is 2.24. The van der Waals surface area contributed by atoms with Crippen molar-refractivity contribution in [1.82, 2.24) is 5.01 Å². The van der Waals surface area contributed by atoms with E-state index in [0.717, 1.165) is 11.1 Å². The zero-order valence-electron chi connectivity index (χ0n) is 10.4. The third-order valence-corrected chi connectivity index (χ3v) is 3.02. The molecule has 0 unspecified atom stereocenters. The lowest BCUT2D eigenvalue weighted by molar-refractivity contribution is 0.0620. The summed E-state index contributed by atoms with van der Waals surface area (Å²) in [5.41, 5.74) is 1.86. The highest BCUT2D eigenvalue weighted by molar-refractivity contribution is 5.26. The Morgan fingerprint density at radius 2 is 1.33 bits per heavy atom. The molecule has 2 rings (SSSR count). The molecular formula is C15H18N2O. The second-order valence-electron chi connectivity index (χ2n) is 4.38. The first-order chi connectivity index (χ1) is 8.70. The minimum Gasteiger partial charge on any atom is -0.386 e. The number of hydrazine groups is 1. The van der Waals surface area contributed by atoms with Crippen molar-refractivity contribution in [3.8, 4) is 0 Å². The van der Waals surface area contributed by atoms with E-state index in [1.54, 1.807) is 12.1 Å². The Labute approximate surface area is 107 Å². The molecule has 0 saturated carbocycles. The first-order valence-corrected chi connectivity index (χ1v) is 5.95. The molecule has 18 heavy (non-hydrogen) atoms. The molecule has 0 amide bonds. The van der Waals surface area contributed by atoms with Crippen LogP contribution in [0.25, 0.3) is 0 Å². The second kappa shape index (κ2) is 5.78. The Hall–Kier alpha value is -1.68. The van der Waals surface area contributed by atoms with Crippen LogP contribution in [0.15, 0.2) is 60.7 Å². The summed E-state index contributed by atoms with van der Waals surface area (Å²) in [7, 11) is 1.77. The fourth-order valence-corrected chi connectivity index (χ4v) is 2.12. The minimum absolute atomic E-state index is 0.256. The van der Waals surface area contributed by atoms with Crippen LogP contribution in [-0.2, 0) is 0 Å². The first kappa shape index (κ1) is 12.8. The molecule has 0 aliphatic carbocycles. The number of aliphatic hydroxyl groups excluding tert-OH is 1. The normalized spacial score (nSPS) is 14.4. The van der Waals surface area contributed by atoms with Crippen LogP contribution in [-0.4, -0.2) is 17.2 Å². The van der Waals surface area contributed by atoms with Gasteiger partial charge in [0.2, 0.25) is 0 Å². The summed E-state index contributed by atoms with van der Waals surface area (Å²) < 4.78 is 0. The molecule has 3 nitrogen and oxygen atoms in total. The molecule has 0 bridgehead atoms. The summed E-state index contributed by atoms with van der Waals surface area (Å²) in [6, 6.07) is 19.1. The summed E-state index contributed by atoms with van der Waals surface area (Å²) in [4.78, 5) is 0. The van der Waals surface area contributed by atoms with Gasteiger partial charge in [-0.2, -0.15) is 0 Å². The predicted octanol–water partition coefficient (Wildman–Crippen LogP) is 2.27. The fraction of sp³-hybridized carbons (Fsp3) is 0.200. The summed E-state index contributed by atoms with van der Waals surface area (Å²) in [6.07, 6.45) is -0.649. The molecule has 0 spiro atoms. The topological polar surface area (TPSA) is 49.5 Å². The van der Waals surface area contributed by atoms with Crippen LogP contribution in [0.4, 0.5) is 0 Å². The van der Waals surface area contributed by atoms with Gasteiger partial charge in [-0.25, -0.2) is 5.01 Å². The maximum Gasteiger partial charge on any atom is 0.1000 e. The van der Waals surface area contributed by atoms with Crippen LogP contribution in [0.1, 0.15) is 23.3 Å². The summed E-state index contributed by atoms with van der Waals surface area (Å²) in [5, 5.41) is 12.0. The van der Waals surface area contributed by atoms with Crippen molar-refractivity contribution in [2.45, 2.75) is 12.1 Å². The SMILES string of the molecule is CN(N)[C@@H](c1ccccc1)[C@H](O)c1ccccc1. The lowest BCUT2D eigenvalue weighted by Crippen LogP contribution is -2.35. The molecule has 0 aliphatic heterocycles. The lowest BCUT2D eigenvalue weighted by atomic mass is 9.95. The molecule has 3 heteroatoms. The van der Waals surface area contributed by atoms with E-state index in [9.17, 15) is 5.11 Å². The van der Waals surface area contributed by atoms with E-state index in [-0.39, 0.29) is 6.04 Å². The summed E-state index contributed by atoms with van der Waals surface area (Å²) >= 11 is 0. The second-order valence-corrected chi connectivity index (χ2v) is 4.38. The third-order valence-electron chi connectivity index (χ3n) is 3.02. The van der Waals surface area contributed by atoms with Crippen LogP contribution in [0.3, 0.4) is 0 Å². The van der Waals surface area contributed by atoms with Gasteiger partial charge in [-0.05, 0) is 11.1 Å². The van der Waals surface area contributed by atoms with Gasteiger partial charge in [0.25, 0.3) is 0 Å². The number of nitrogens with zero attached hydrogens (tertiary/aromatic N) is 1. The molecule has 2 aromatic carbocycles. The van der Waals surface area contributed by atoms with Crippen molar-refractivity contribution >= 4 is 0 Å². The van der Waals surface area contributed by atoms with Gasteiger partial charge in [-0.15, -0.1) is 0 Å². The van der Waals surface area contributed by atoms with Gasteiger partial charge in [0.1, 0.15) is 0 Å². The van der Waals surface area contributed by atoms with E-state index < -0.39 is 6.10 Å². The highest BCUT2D eigenvalue weighted by Crippen LogP contribution is 2.31. The van der Waals surface area contributed by atoms with E-state index in [1.807, 2.05) is 60.7 Å². The first-order valence-electron chi connectivity index (χ1n) is 5.95. The van der Waals surface area contributed by atoms with Crippen molar-refractivity contribution in [2.75, 3.05) is 7.05 Å². The largest absolute Gasteiger partial charge is 0.386 e. The summed E-state index contributed by atoms with van der Waals surface area (Å²) in [6.45, 7) is 0.